The first kappa shape index (κ1) is 15.4. The van der Waals surface area contributed by atoms with E-state index in [4.69, 9.17) is 10.00 Å². The van der Waals surface area contributed by atoms with Crippen LogP contribution in [0.25, 0.3) is 0 Å². The van der Waals surface area contributed by atoms with Crippen LogP contribution in [0.3, 0.4) is 0 Å². The summed E-state index contributed by atoms with van der Waals surface area (Å²) in [5.41, 5.74) is 0.531. The molecular formula is C17H22N2O2. The summed E-state index contributed by atoms with van der Waals surface area (Å²) >= 11 is 0. The van der Waals surface area contributed by atoms with Crippen LogP contribution in [0.2, 0.25) is 0 Å². The van der Waals surface area contributed by atoms with E-state index >= 15 is 0 Å². The highest BCUT2D eigenvalue weighted by atomic mass is 16.5. The van der Waals surface area contributed by atoms with Crippen molar-refractivity contribution in [2.24, 2.45) is 0 Å². The van der Waals surface area contributed by atoms with Gasteiger partial charge in [0.15, 0.2) is 6.10 Å². The Bertz CT molecular complexity index is 514. The zero-order valence-electron chi connectivity index (χ0n) is 12.5. The van der Waals surface area contributed by atoms with Gasteiger partial charge in [0.25, 0.3) is 5.91 Å². The number of nitrogens with zero attached hydrogens (tertiary/aromatic N) is 1. The van der Waals surface area contributed by atoms with Gasteiger partial charge in [-0.05, 0) is 38.0 Å². The van der Waals surface area contributed by atoms with Crippen molar-refractivity contribution in [2.75, 3.05) is 0 Å². The van der Waals surface area contributed by atoms with Crippen LogP contribution in [-0.2, 0) is 4.79 Å². The maximum Gasteiger partial charge on any atom is 0.260 e. The summed E-state index contributed by atoms with van der Waals surface area (Å²) in [6.07, 6.45) is 6.46. The average molecular weight is 286 g/mol. The van der Waals surface area contributed by atoms with Crippen molar-refractivity contribution in [3.63, 3.8) is 0 Å². The number of nitriles is 1. The van der Waals surface area contributed by atoms with Crippen LogP contribution in [0.4, 0.5) is 0 Å². The van der Waals surface area contributed by atoms with Gasteiger partial charge in [0.2, 0.25) is 0 Å². The number of carbonyl (C=O) groups excluding carboxylic acids is 1. The van der Waals surface area contributed by atoms with Crippen molar-refractivity contribution in [2.45, 2.75) is 57.6 Å². The summed E-state index contributed by atoms with van der Waals surface area (Å²) in [6, 6.07) is 9.21. The van der Waals surface area contributed by atoms with E-state index in [1.54, 1.807) is 31.2 Å². The number of rotatable bonds is 4. The molecule has 1 atom stereocenters. The van der Waals surface area contributed by atoms with Gasteiger partial charge in [-0.3, -0.25) is 4.79 Å². The maximum atomic E-state index is 12.2. The highest BCUT2D eigenvalue weighted by molar-refractivity contribution is 5.81. The van der Waals surface area contributed by atoms with Crippen LogP contribution >= 0.6 is 0 Å². The largest absolute Gasteiger partial charge is 0.481 e. The molecule has 0 saturated heterocycles. The first-order chi connectivity index (χ1) is 10.2. The third kappa shape index (κ3) is 4.78. The van der Waals surface area contributed by atoms with Gasteiger partial charge in [-0.25, -0.2) is 0 Å². The zero-order chi connectivity index (χ0) is 15.1. The van der Waals surface area contributed by atoms with Crippen molar-refractivity contribution < 1.29 is 9.53 Å². The van der Waals surface area contributed by atoms with Crippen LogP contribution in [0.15, 0.2) is 24.3 Å². The third-order valence-electron chi connectivity index (χ3n) is 3.85. The first-order valence-corrected chi connectivity index (χ1v) is 7.66. The Hall–Kier alpha value is -2.02. The average Bonchev–Trinajstić information content (AvgIpc) is 2.76. The van der Waals surface area contributed by atoms with Gasteiger partial charge in [-0.15, -0.1) is 0 Å². The molecule has 1 aliphatic carbocycles. The van der Waals surface area contributed by atoms with Crippen molar-refractivity contribution >= 4 is 5.91 Å². The summed E-state index contributed by atoms with van der Waals surface area (Å²) < 4.78 is 5.63. The Morgan fingerprint density at radius 1 is 1.33 bits per heavy atom. The van der Waals surface area contributed by atoms with E-state index in [0.717, 1.165) is 12.8 Å². The molecule has 0 unspecified atom stereocenters. The monoisotopic (exact) mass is 286 g/mol. The lowest BCUT2D eigenvalue weighted by atomic mass is 10.1. The molecule has 0 aromatic heterocycles. The minimum Gasteiger partial charge on any atom is -0.481 e. The molecule has 4 heteroatoms. The zero-order valence-corrected chi connectivity index (χ0v) is 12.5. The molecule has 1 aromatic rings. The van der Waals surface area contributed by atoms with E-state index in [9.17, 15) is 4.79 Å². The second-order valence-electron chi connectivity index (χ2n) is 5.60. The number of hydrogen-bond acceptors (Lipinski definition) is 3. The number of ether oxygens (including phenoxy) is 1. The van der Waals surface area contributed by atoms with Crippen LogP contribution in [0.5, 0.6) is 5.75 Å². The fraction of sp³-hybridized carbons (Fsp3) is 0.529. The van der Waals surface area contributed by atoms with Gasteiger partial charge < -0.3 is 10.1 Å². The molecule has 0 heterocycles. The minimum atomic E-state index is -0.554. The molecule has 112 valence electrons. The highest BCUT2D eigenvalue weighted by Gasteiger charge is 2.20. The SMILES string of the molecule is C[C@@H](Oc1cccc(C#N)c1)C(=O)NC1CCCCCC1. The van der Waals surface area contributed by atoms with E-state index in [0.29, 0.717) is 11.3 Å². The Kier molecular flexibility index (Phi) is 5.62. The topological polar surface area (TPSA) is 62.1 Å². The van der Waals surface area contributed by atoms with Crippen molar-refractivity contribution in [1.82, 2.24) is 5.32 Å². The van der Waals surface area contributed by atoms with Gasteiger partial charge in [0.1, 0.15) is 5.75 Å². The number of benzene rings is 1. The number of amides is 1. The molecule has 1 saturated carbocycles. The van der Waals surface area contributed by atoms with E-state index in [2.05, 4.69) is 11.4 Å². The van der Waals surface area contributed by atoms with Crippen molar-refractivity contribution in [3.8, 4) is 11.8 Å². The Balaban J connectivity index is 1.88. The Morgan fingerprint density at radius 2 is 2.05 bits per heavy atom. The fourth-order valence-corrected chi connectivity index (χ4v) is 2.64. The molecule has 0 bridgehead atoms. The minimum absolute atomic E-state index is 0.0794. The lowest BCUT2D eigenvalue weighted by molar-refractivity contribution is -0.128. The molecule has 0 spiro atoms. The van der Waals surface area contributed by atoms with Crippen LogP contribution < -0.4 is 10.1 Å². The van der Waals surface area contributed by atoms with Crippen molar-refractivity contribution in [3.05, 3.63) is 29.8 Å². The summed E-state index contributed by atoms with van der Waals surface area (Å²) in [5, 5.41) is 11.9. The summed E-state index contributed by atoms with van der Waals surface area (Å²) in [4.78, 5) is 12.2. The molecule has 1 amide bonds. The molecule has 2 rings (SSSR count). The fourth-order valence-electron chi connectivity index (χ4n) is 2.64. The van der Waals surface area contributed by atoms with Crippen LogP contribution in [0.1, 0.15) is 51.0 Å². The molecule has 1 N–H and O–H groups in total. The smallest absolute Gasteiger partial charge is 0.260 e. The summed E-state index contributed by atoms with van der Waals surface area (Å²) in [7, 11) is 0. The summed E-state index contributed by atoms with van der Waals surface area (Å²) in [5.74, 6) is 0.474. The molecule has 0 radical (unpaired) electrons. The van der Waals surface area contributed by atoms with E-state index in [1.807, 2.05) is 0 Å². The molecule has 1 fully saturated rings. The summed E-state index contributed by atoms with van der Waals surface area (Å²) in [6.45, 7) is 1.74. The Morgan fingerprint density at radius 3 is 2.71 bits per heavy atom. The second-order valence-corrected chi connectivity index (χ2v) is 5.60. The highest BCUT2D eigenvalue weighted by Crippen LogP contribution is 2.18. The molecule has 1 aromatic carbocycles. The van der Waals surface area contributed by atoms with Crippen LogP contribution in [0, 0.1) is 11.3 Å². The van der Waals surface area contributed by atoms with E-state index in [-0.39, 0.29) is 11.9 Å². The predicted molar refractivity (Wildman–Crippen MR) is 80.9 cm³/mol. The molecule has 1 aliphatic rings. The van der Waals surface area contributed by atoms with Gasteiger partial charge in [-0.2, -0.15) is 5.26 Å². The molecule has 4 nitrogen and oxygen atoms in total. The van der Waals surface area contributed by atoms with Gasteiger partial charge >= 0.3 is 0 Å². The Labute approximate surface area is 126 Å². The third-order valence-corrected chi connectivity index (χ3v) is 3.85. The number of carbonyl (C=O) groups is 1. The lowest BCUT2D eigenvalue weighted by Gasteiger charge is -2.20. The second kappa shape index (κ2) is 7.68. The first-order valence-electron chi connectivity index (χ1n) is 7.66. The predicted octanol–water partition coefficient (Wildman–Crippen LogP) is 3.16. The normalized spacial score (nSPS) is 17.3. The number of nitrogens with one attached hydrogen (secondary N) is 1. The molecule has 0 aliphatic heterocycles. The van der Waals surface area contributed by atoms with E-state index < -0.39 is 6.10 Å². The standard InChI is InChI=1S/C17H22N2O2/c1-13(21-16-10-6-7-14(11-16)12-18)17(20)19-15-8-4-2-3-5-9-15/h6-7,10-11,13,15H,2-5,8-9H2,1H3,(H,19,20)/t13-/m1/s1. The quantitative estimate of drug-likeness (QED) is 0.865. The van der Waals surface area contributed by atoms with Gasteiger partial charge in [0.05, 0.1) is 11.6 Å². The van der Waals surface area contributed by atoms with Gasteiger partial charge in [0, 0.05) is 6.04 Å². The van der Waals surface area contributed by atoms with Crippen LogP contribution in [-0.4, -0.2) is 18.1 Å². The molecular weight excluding hydrogens is 264 g/mol. The van der Waals surface area contributed by atoms with Crippen molar-refractivity contribution in [1.29, 1.82) is 5.26 Å². The van der Waals surface area contributed by atoms with Gasteiger partial charge in [-0.1, -0.05) is 31.7 Å². The molecule has 21 heavy (non-hydrogen) atoms. The van der Waals surface area contributed by atoms with E-state index in [1.165, 1.54) is 25.7 Å². The maximum absolute atomic E-state index is 12.2. The lowest BCUT2D eigenvalue weighted by Crippen LogP contribution is -2.42. The number of hydrogen-bond donors (Lipinski definition) is 1.